The lowest BCUT2D eigenvalue weighted by molar-refractivity contribution is 0.0950. The van der Waals surface area contributed by atoms with E-state index in [2.05, 4.69) is 16.4 Å². The van der Waals surface area contributed by atoms with Gasteiger partial charge in [0.1, 0.15) is 0 Å². The zero-order chi connectivity index (χ0) is 12.8. The van der Waals surface area contributed by atoms with Crippen LogP contribution in [0.15, 0.2) is 48.8 Å². The van der Waals surface area contributed by atoms with E-state index in [9.17, 15) is 4.79 Å². The van der Waals surface area contributed by atoms with Crippen molar-refractivity contribution in [2.24, 2.45) is 0 Å². The van der Waals surface area contributed by atoms with Crippen molar-refractivity contribution in [1.82, 2.24) is 10.3 Å². The molecule has 0 spiro atoms. The van der Waals surface area contributed by atoms with Gasteiger partial charge in [-0.05, 0) is 23.8 Å². The third-order valence-electron chi connectivity index (χ3n) is 2.50. The minimum atomic E-state index is -0.198. The van der Waals surface area contributed by atoms with Crippen molar-refractivity contribution in [1.29, 1.82) is 5.26 Å². The molecule has 1 amide bonds. The molecule has 0 unspecified atom stereocenters. The topological polar surface area (TPSA) is 65.8 Å². The van der Waals surface area contributed by atoms with Crippen molar-refractivity contribution < 1.29 is 4.79 Å². The zero-order valence-corrected chi connectivity index (χ0v) is 9.63. The van der Waals surface area contributed by atoms with Gasteiger partial charge in [0.15, 0.2) is 0 Å². The molecule has 0 aliphatic rings. The molecular weight excluding hydrogens is 226 g/mol. The summed E-state index contributed by atoms with van der Waals surface area (Å²) in [5, 5.41) is 11.7. The van der Waals surface area contributed by atoms with Crippen LogP contribution in [0.2, 0.25) is 0 Å². The Labute approximate surface area is 105 Å². The quantitative estimate of drug-likeness (QED) is 0.886. The van der Waals surface area contributed by atoms with Crippen LogP contribution < -0.4 is 5.32 Å². The van der Waals surface area contributed by atoms with Crippen LogP contribution >= 0.6 is 0 Å². The van der Waals surface area contributed by atoms with Gasteiger partial charge >= 0.3 is 0 Å². The summed E-state index contributed by atoms with van der Waals surface area (Å²) in [6, 6.07) is 12.7. The number of nitrogens with zero attached hydrogens (tertiary/aromatic N) is 2. The van der Waals surface area contributed by atoms with Crippen LogP contribution in [0, 0.1) is 11.3 Å². The van der Waals surface area contributed by atoms with E-state index in [1.165, 1.54) is 6.20 Å². The highest BCUT2D eigenvalue weighted by atomic mass is 16.1. The van der Waals surface area contributed by atoms with E-state index in [0.29, 0.717) is 17.7 Å². The summed E-state index contributed by atoms with van der Waals surface area (Å²) in [5.74, 6) is -0.198. The third kappa shape index (κ3) is 2.71. The molecule has 2 rings (SSSR count). The molecule has 0 saturated carbocycles. The van der Waals surface area contributed by atoms with Crippen LogP contribution in [0.1, 0.15) is 21.5 Å². The van der Waals surface area contributed by atoms with Gasteiger partial charge in [-0.1, -0.05) is 18.2 Å². The lowest BCUT2D eigenvalue weighted by Gasteiger charge is -2.06. The van der Waals surface area contributed by atoms with Crippen molar-refractivity contribution in [3.63, 3.8) is 0 Å². The van der Waals surface area contributed by atoms with Crippen molar-refractivity contribution in [3.05, 3.63) is 65.5 Å². The molecule has 0 bridgehead atoms. The molecule has 1 heterocycles. The third-order valence-corrected chi connectivity index (χ3v) is 2.50. The summed E-state index contributed by atoms with van der Waals surface area (Å²) in [6.45, 7) is 0.331. The van der Waals surface area contributed by atoms with Gasteiger partial charge in [-0.2, -0.15) is 5.26 Å². The Bertz CT molecular complexity index is 587. The van der Waals surface area contributed by atoms with Gasteiger partial charge in [0.25, 0.3) is 5.91 Å². The van der Waals surface area contributed by atoms with E-state index in [1.807, 2.05) is 12.1 Å². The number of nitriles is 1. The molecule has 4 nitrogen and oxygen atoms in total. The Kier molecular flexibility index (Phi) is 3.67. The fourth-order valence-electron chi connectivity index (χ4n) is 1.56. The number of aromatic nitrogens is 1. The average Bonchev–Trinajstić information content (AvgIpc) is 2.46. The second-order valence-electron chi connectivity index (χ2n) is 3.69. The molecule has 0 atom stereocenters. The Balaban J connectivity index is 2.05. The van der Waals surface area contributed by atoms with E-state index in [-0.39, 0.29) is 5.91 Å². The van der Waals surface area contributed by atoms with Gasteiger partial charge in [0.05, 0.1) is 17.2 Å². The maximum Gasteiger partial charge on any atom is 0.253 e. The lowest BCUT2D eigenvalue weighted by Crippen LogP contribution is -2.23. The number of nitrogens with one attached hydrogen (secondary N) is 1. The Morgan fingerprint density at radius 1 is 1.28 bits per heavy atom. The van der Waals surface area contributed by atoms with E-state index in [4.69, 9.17) is 5.26 Å². The minimum Gasteiger partial charge on any atom is -0.348 e. The molecule has 1 N–H and O–H groups in total. The van der Waals surface area contributed by atoms with Crippen LogP contribution in [0.5, 0.6) is 0 Å². The van der Waals surface area contributed by atoms with Crippen LogP contribution in [0.3, 0.4) is 0 Å². The monoisotopic (exact) mass is 237 g/mol. The van der Waals surface area contributed by atoms with E-state index < -0.39 is 0 Å². The molecule has 88 valence electrons. The van der Waals surface area contributed by atoms with Crippen molar-refractivity contribution in [2.45, 2.75) is 6.54 Å². The van der Waals surface area contributed by atoms with Crippen molar-refractivity contribution >= 4 is 5.91 Å². The molecule has 0 aliphatic carbocycles. The predicted octanol–water partition coefficient (Wildman–Crippen LogP) is 1.88. The van der Waals surface area contributed by atoms with Crippen LogP contribution in [-0.2, 0) is 6.54 Å². The smallest absolute Gasteiger partial charge is 0.253 e. The standard InChI is InChI=1S/C14H11N3O/c15-8-11-4-1-2-5-12(11)10-17-14(18)13-6-3-7-16-9-13/h1-7,9H,10H2,(H,17,18). The molecule has 4 heteroatoms. The number of rotatable bonds is 3. The molecular formula is C14H11N3O. The number of hydrogen-bond donors (Lipinski definition) is 1. The Hall–Kier alpha value is -2.67. The highest BCUT2D eigenvalue weighted by molar-refractivity contribution is 5.93. The number of amides is 1. The first-order chi connectivity index (χ1) is 8.81. The number of pyridine rings is 1. The fourth-order valence-corrected chi connectivity index (χ4v) is 1.56. The van der Waals surface area contributed by atoms with Crippen LogP contribution in [0.4, 0.5) is 0 Å². The number of benzene rings is 1. The second kappa shape index (κ2) is 5.60. The summed E-state index contributed by atoms with van der Waals surface area (Å²) >= 11 is 0. The molecule has 0 aliphatic heterocycles. The molecule has 0 radical (unpaired) electrons. The SMILES string of the molecule is N#Cc1ccccc1CNC(=O)c1cccnc1. The maximum atomic E-state index is 11.8. The van der Waals surface area contributed by atoms with Gasteiger partial charge < -0.3 is 5.32 Å². The Morgan fingerprint density at radius 2 is 2.11 bits per heavy atom. The van der Waals surface area contributed by atoms with Crippen LogP contribution in [-0.4, -0.2) is 10.9 Å². The van der Waals surface area contributed by atoms with Crippen LogP contribution in [0.25, 0.3) is 0 Å². The molecule has 1 aromatic carbocycles. The van der Waals surface area contributed by atoms with E-state index in [0.717, 1.165) is 5.56 Å². The largest absolute Gasteiger partial charge is 0.348 e. The molecule has 1 aromatic heterocycles. The van der Waals surface area contributed by atoms with Crippen molar-refractivity contribution in [2.75, 3.05) is 0 Å². The van der Waals surface area contributed by atoms with E-state index >= 15 is 0 Å². The predicted molar refractivity (Wildman–Crippen MR) is 66.6 cm³/mol. The minimum absolute atomic E-state index is 0.198. The van der Waals surface area contributed by atoms with Gasteiger partial charge in [-0.3, -0.25) is 9.78 Å². The zero-order valence-electron chi connectivity index (χ0n) is 9.63. The first-order valence-corrected chi connectivity index (χ1v) is 5.47. The van der Waals surface area contributed by atoms with Crippen molar-refractivity contribution in [3.8, 4) is 6.07 Å². The van der Waals surface area contributed by atoms with E-state index in [1.54, 1.807) is 30.5 Å². The average molecular weight is 237 g/mol. The molecule has 2 aromatic rings. The summed E-state index contributed by atoms with van der Waals surface area (Å²) in [4.78, 5) is 15.7. The highest BCUT2D eigenvalue weighted by Crippen LogP contribution is 2.07. The van der Waals surface area contributed by atoms with Gasteiger partial charge in [-0.25, -0.2) is 0 Å². The Morgan fingerprint density at radius 3 is 2.83 bits per heavy atom. The van der Waals surface area contributed by atoms with Gasteiger partial charge in [0, 0.05) is 18.9 Å². The fraction of sp³-hybridized carbons (Fsp3) is 0.0714. The summed E-state index contributed by atoms with van der Waals surface area (Å²) in [5.41, 5.74) is 1.88. The molecule has 0 saturated heterocycles. The molecule has 18 heavy (non-hydrogen) atoms. The number of carbonyl (C=O) groups is 1. The highest BCUT2D eigenvalue weighted by Gasteiger charge is 2.06. The lowest BCUT2D eigenvalue weighted by atomic mass is 10.1. The first kappa shape index (κ1) is 11.8. The maximum absolute atomic E-state index is 11.8. The number of carbonyl (C=O) groups excluding carboxylic acids is 1. The molecule has 0 fully saturated rings. The summed E-state index contributed by atoms with van der Waals surface area (Å²) < 4.78 is 0. The summed E-state index contributed by atoms with van der Waals surface area (Å²) in [7, 11) is 0. The number of hydrogen-bond acceptors (Lipinski definition) is 3. The second-order valence-corrected chi connectivity index (χ2v) is 3.69. The van der Waals surface area contributed by atoms with Gasteiger partial charge in [-0.15, -0.1) is 0 Å². The van der Waals surface area contributed by atoms with Gasteiger partial charge in [0.2, 0.25) is 0 Å². The first-order valence-electron chi connectivity index (χ1n) is 5.47. The summed E-state index contributed by atoms with van der Waals surface area (Å²) in [6.07, 6.45) is 3.12. The normalized spacial score (nSPS) is 9.50.